The summed E-state index contributed by atoms with van der Waals surface area (Å²) in [5, 5.41) is 2.78. The molecule has 0 spiro atoms. The number of hydrogen-bond acceptors (Lipinski definition) is 5. The van der Waals surface area contributed by atoms with Crippen molar-refractivity contribution in [2.45, 2.75) is 26.4 Å². The number of nitrogens with one attached hydrogen (secondary N) is 1. The van der Waals surface area contributed by atoms with Gasteiger partial charge < -0.3 is 14.8 Å². The third-order valence-corrected chi connectivity index (χ3v) is 5.52. The van der Waals surface area contributed by atoms with Gasteiger partial charge in [0.1, 0.15) is 6.04 Å². The van der Waals surface area contributed by atoms with E-state index >= 15 is 0 Å². The third-order valence-electron chi connectivity index (χ3n) is 4.28. The van der Waals surface area contributed by atoms with Crippen LogP contribution in [-0.2, 0) is 21.4 Å². The molecule has 0 aliphatic carbocycles. The van der Waals surface area contributed by atoms with Crippen molar-refractivity contribution >= 4 is 21.6 Å². The van der Waals surface area contributed by atoms with E-state index in [1.54, 1.807) is 31.2 Å². The number of fused-ring (bicyclic) bond motifs is 1. The molecule has 0 radical (unpaired) electrons. The number of aryl methyl sites for hydroxylation is 1. The largest absolute Gasteiger partial charge is 0.454 e. The molecule has 27 heavy (non-hydrogen) atoms. The van der Waals surface area contributed by atoms with Crippen LogP contribution in [0.1, 0.15) is 18.1 Å². The zero-order chi connectivity index (χ0) is 19.6. The highest BCUT2D eigenvalue weighted by Crippen LogP contribution is 2.32. The van der Waals surface area contributed by atoms with Gasteiger partial charge in [0.05, 0.1) is 11.9 Å². The lowest BCUT2D eigenvalue weighted by Crippen LogP contribution is -2.47. The first-order valence-electron chi connectivity index (χ1n) is 8.48. The predicted molar refractivity (Wildman–Crippen MR) is 102 cm³/mol. The number of anilines is 1. The summed E-state index contributed by atoms with van der Waals surface area (Å²) in [7, 11) is -3.63. The number of benzene rings is 2. The van der Waals surface area contributed by atoms with Gasteiger partial charge in [0.15, 0.2) is 11.5 Å². The van der Waals surface area contributed by atoms with Crippen LogP contribution in [0.4, 0.5) is 5.69 Å². The van der Waals surface area contributed by atoms with E-state index in [0.717, 1.165) is 21.7 Å². The Morgan fingerprint density at radius 1 is 1.15 bits per heavy atom. The van der Waals surface area contributed by atoms with Gasteiger partial charge in [0.2, 0.25) is 22.7 Å². The average molecular weight is 390 g/mol. The summed E-state index contributed by atoms with van der Waals surface area (Å²) in [6.07, 6.45) is 1.09. The van der Waals surface area contributed by atoms with Gasteiger partial charge >= 0.3 is 0 Å². The Bertz CT molecular complexity index is 941. The molecule has 1 aliphatic rings. The van der Waals surface area contributed by atoms with E-state index in [9.17, 15) is 13.2 Å². The first kappa shape index (κ1) is 19.0. The monoisotopic (exact) mass is 390 g/mol. The summed E-state index contributed by atoms with van der Waals surface area (Å²) in [5.74, 6) is 0.909. The van der Waals surface area contributed by atoms with Gasteiger partial charge in [0.25, 0.3) is 0 Å². The molecular weight excluding hydrogens is 368 g/mol. The van der Waals surface area contributed by atoms with Crippen molar-refractivity contribution in [1.29, 1.82) is 0 Å². The quantitative estimate of drug-likeness (QED) is 0.817. The second kappa shape index (κ2) is 7.48. The van der Waals surface area contributed by atoms with Crippen LogP contribution in [-0.4, -0.2) is 33.4 Å². The summed E-state index contributed by atoms with van der Waals surface area (Å²) in [5.41, 5.74) is 2.29. The summed E-state index contributed by atoms with van der Waals surface area (Å²) in [6.45, 7) is 3.92. The first-order chi connectivity index (χ1) is 12.8. The molecule has 8 heteroatoms. The lowest BCUT2D eigenvalue weighted by atomic mass is 10.2. The Balaban J connectivity index is 1.72. The number of ether oxygens (including phenoxy) is 2. The number of sulfonamides is 1. The second-order valence-corrected chi connectivity index (χ2v) is 8.34. The van der Waals surface area contributed by atoms with Crippen LogP contribution >= 0.6 is 0 Å². The van der Waals surface area contributed by atoms with Gasteiger partial charge in [-0.1, -0.05) is 23.8 Å². The SMILES string of the molecule is Cc1ccc(N([C@H](C)C(=O)NCc2ccc3c(c2)OCO3)S(C)(=O)=O)cc1. The van der Waals surface area contributed by atoms with Crippen molar-refractivity contribution < 1.29 is 22.7 Å². The molecule has 1 heterocycles. The van der Waals surface area contributed by atoms with Gasteiger partial charge in [-0.3, -0.25) is 9.10 Å². The molecule has 0 fully saturated rings. The predicted octanol–water partition coefficient (Wildman–Crippen LogP) is 2.19. The van der Waals surface area contributed by atoms with Crippen LogP contribution < -0.4 is 19.1 Å². The smallest absolute Gasteiger partial charge is 0.243 e. The van der Waals surface area contributed by atoms with E-state index in [0.29, 0.717) is 17.2 Å². The fraction of sp³-hybridized carbons (Fsp3) is 0.316. The van der Waals surface area contributed by atoms with Crippen molar-refractivity contribution in [3.8, 4) is 11.5 Å². The van der Waals surface area contributed by atoms with Crippen LogP contribution in [0.25, 0.3) is 0 Å². The van der Waals surface area contributed by atoms with Gasteiger partial charge in [-0.2, -0.15) is 0 Å². The van der Waals surface area contributed by atoms with E-state index in [4.69, 9.17) is 9.47 Å². The minimum atomic E-state index is -3.63. The highest BCUT2D eigenvalue weighted by atomic mass is 32.2. The summed E-state index contributed by atoms with van der Waals surface area (Å²) in [4.78, 5) is 12.6. The Morgan fingerprint density at radius 3 is 2.48 bits per heavy atom. The Labute approximate surface area is 158 Å². The molecule has 0 saturated heterocycles. The molecule has 1 amide bonds. The maximum atomic E-state index is 12.6. The molecule has 7 nitrogen and oxygen atoms in total. The van der Waals surface area contributed by atoms with Crippen molar-refractivity contribution in [1.82, 2.24) is 5.32 Å². The standard InChI is InChI=1S/C19H22N2O5S/c1-13-4-7-16(8-5-13)21(27(3,23)24)14(2)19(22)20-11-15-6-9-17-18(10-15)26-12-25-17/h4-10,14H,11-12H2,1-3H3,(H,20,22)/t14-/m1/s1. The zero-order valence-electron chi connectivity index (χ0n) is 15.4. The number of rotatable bonds is 6. The number of hydrogen-bond donors (Lipinski definition) is 1. The lowest BCUT2D eigenvalue weighted by molar-refractivity contribution is -0.122. The molecule has 1 atom stereocenters. The Kier molecular flexibility index (Phi) is 5.27. The maximum Gasteiger partial charge on any atom is 0.243 e. The first-order valence-corrected chi connectivity index (χ1v) is 10.3. The molecule has 2 aromatic carbocycles. The maximum absolute atomic E-state index is 12.6. The van der Waals surface area contributed by atoms with Crippen LogP contribution in [0.2, 0.25) is 0 Å². The number of carbonyl (C=O) groups is 1. The highest BCUT2D eigenvalue weighted by molar-refractivity contribution is 7.92. The fourth-order valence-electron chi connectivity index (χ4n) is 2.89. The van der Waals surface area contributed by atoms with Crippen LogP contribution in [0.15, 0.2) is 42.5 Å². The van der Waals surface area contributed by atoms with Crippen molar-refractivity contribution in [3.63, 3.8) is 0 Å². The number of nitrogens with zero attached hydrogens (tertiary/aromatic N) is 1. The normalized spacial score (nSPS) is 13.9. The summed E-state index contributed by atoms with van der Waals surface area (Å²) < 4.78 is 36.3. The molecule has 144 valence electrons. The van der Waals surface area contributed by atoms with Crippen molar-refractivity contribution in [2.24, 2.45) is 0 Å². The highest BCUT2D eigenvalue weighted by Gasteiger charge is 2.29. The molecule has 1 N–H and O–H groups in total. The van der Waals surface area contributed by atoms with Crippen LogP contribution in [0.3, 0.4) is 0 Å². The summed E-state index contributed by atoms with van der Waals surface area (Å²) in [6, 6.07) is 11.5. The average Bonchev–Trinajstić information content (AvgIpc) is 3.08. The molecule has 1 aliphatic heterocycles. The van der Waals surface area contributed by atoms with Crippen LogP contribution in [0.5, 0.6) is 11.5 Å². The minimum Gasteiger partial charge on any atom is -0.454 e. The molecule has 0 unspecified atom stereocenters. The third kappa shape index (κ3) is 4.33. The molecular formula is C19H22N2O5S. The van der Waals surface area contributed by atoms with Crippen molar-refractivity contribution in [2.75, 3.05) is 17.4 Å². The molecule has 2 aromatic rings. The minimum absolute atomic E-state index is 0.183. The molecule has 0 aromatic heterocycles. The van der Waals surface area contributed by atoms with Gasteiger partial charge in [-0.15, -0.1) is 0 Å². The topological polar surface area (TPSA) is 84.9 Å². The second-order valence-electron chi connectivity index (χ2n) is 6.48. The van der Waals surface area contributed by atoms with E-state index in [2.05, 4.69) is 5.32 Å². The lowest BCUT2D eigenvalue weighted by Gasteiger charge is -2.28. The van der Waals surface area contributed by atoms with Gasteiger partial charge in [0, 0.05) is 6.54 Å². The molecule has 0 saturated carbocycles. The van der Waals surface area contributed by atoms with E-state index in [1.807, 2.05) is 25.1 Å². The van der Waals surface area contributed by atoms with Crippen molar-refractivity contribution in [3.05, 3.63) is 53.6 Å². The molecule has 3 rings (SSSR count). The fourth-order valence-corrected chi connectivity index (χ4v) is 4.06. The van der Waals surface area contributed by atoms with Crippen LogP contribution in [0, 0.1) is 6.92 Å². The van der Waals surface area contributed by atoms with E-state index in [1.165, 1.54) is 0 Å². The number of carbonyl (C=O) groups excluding carboxylic acids is 1. The Hall–Kier alpha value is -2.74. The van der Waals surface area contributed by atoms with Gasteiger partial charge in [-0.05, 0) is 43.7 Å². The number of amides is 1. The Morgan fingerprint density at radius 2 is 1.81 bits per heavy atom. The van der Waals surface area contributed by atoms with E-state index in [-0.39, 0.29) is 13.3 Å². The molecule has 0 bridgehead atoms. The van der Waals surface area contributed by atoms with E-state index < -0.39 is 22.0 Å². The summed E-state index contributed by atoms with van der Waals surface area (Å²) >= 11 is 0. The zero-order valence-corrected chi connectivity index (χ0v) is 16.2. The van der Waals surface area contributed by atoms with Gasteiger partial charge in [-0.25, -0.2) is 8.42 Å².